The van der Waals surface area contributed by atoms with Crippen LogP contribution in [0.5, 0.6) is 0 Å². The Kier molecular flexibility index (Phi) is 4.18. The molecular formula is C13H25NO. The molecule has 0 aromatic heterocycles. The fourth-order valence-corrected chi connectivity index (χ4v) is 2.19. The number of nitrogens with one attached hydrogen (secondary N) is 1. The third-order valence-corrected chi connectivity index (χ3v) is 3.38. The van der Waals surface area contributed by atoms with Crippen molar-refractivity contribution < 1.29 is 4.79 Å². The van der Waals surface area contributed by atoms with Crippen LogP contribution in [0.4, 0.5) is 0 Å². The van der Waals surface area contributed by atoms with E-state index in [0.29, 0.717) is 6.04 Å². The molecule has 1 amide bonds. The molecule has 0 bridgehead atoms. The monoisotopic (exact) mass is 211 g/mol. The van der Waals surface area contributed by atoms with Gasteiger partial charge in [0.05, 0.1) is 0 Å². The van der Waals surface area contributed by atoms with E-state index in [0.717, 1.165) is 5.92 Å². The first kappa shape index (κ1) is 12.5. The van der Waals surface area contributed by atoms with Crippen LogP contribution in [0.15, 0.2) is 0 Å². The molecule has 1 aliphatic rings. The van der Waals surface area contributed by atoms with Crippen molar-refractivity contribution in [2.24, 2.45) is 11.3 Å². The Morgan fingerprint density at radius 1 is 1.33 bits per heavy atom. The second-order valence-electron chi connectivity index (χ2n) is 5.86. The summed E-state index contributed by atoms with van der Waals surface area (Å²) in [6.45, 7) is 8.17. The zero-order chi connectivity index (χ0) is 11.5. The molecule has 0 aromatic rings. The van der Waals surface area contributed by atoms with Gasteiger partial charge in [0.25, 0.3) is 0 Å². The third kappa shape index (κ3) is 3.84. The van der Waals surface area contributed by atoms with E-state index in [4.69, 9.17) is 0 Å². The minimum absolute atomic E-state index is 0.198. The molecule has 0 aromatic carbocycles. The Balaban J connectivity index is 2.41. The first-order valence-corrected chi connectivity index (χ1v) is 6.24. The van der Waals surface area contributed by atoms with Gasteiger partial charge in [-0.25, -0.2) is 0 Å². The number of rotatable bonds is 2. The molecule has 15 heavy (non-hydrogen) atoms. The Morgan fingerprint density at radius 2 is 2.00 bits per heavy atom. The maximum Gasteiger partial charge on any atom is 0.225 e. The lowest BCUT2D eigenvalue weighted by Crippen LogP contribution is -2.43. The summed E-state index contributed by atoms with van der Waals surface area (Å²) in [4.78, 5) is 11.8. The van der Waals surface area contributed by atoms with E-state index >= 15 is 0 Å². The highest BCUT2D eigenvalue weighted by Crippen LogP contribution is 2.27. The lowest BCUT2D eigenvalue weighted by Gasteiger charge is -2.31. The van der Waals surface area contributed by atoms with Crippen LogP contribution in [0.3, 0.4) is 0 Å². The van der Waals surface area contributed by atoms with E-state index in [9.17, 15) is 4.79 Å². The summed E-state index contributed by atoms with van der Waals surface area (Å²) in [5, 5.41) is 3.18. The number of carbonyl (C=O) groups excluding carboxylic acids is 1. The standard InChI is InChI=1S/C13H25NO/c1-5-10-7-6-8-11(9-10)14-12(15)13(2,3)4/h10-11H,5-9H2,1-4H3,(H,14,15). The van der Waals surface area contributed by atoms with Crippen LogP contribution in [0.1, 0.15) is 59.8 Å². The van der Waals surface area contributed by atoms with E-state index in [2.05, 4.69) is 12.2 Å². The molecule has 0 heterocycles. The van der Waals surface area contributed by atoms with Gasteiger partial charge in [-0.15, -0.1) is 0 Å². The van der Waals surface area contributed by atoms with Crippen molar-refractivity contribution in [3.63, 3.8) is 0 Å². The number of hydrogen-bond acceptors (Lipinski definition) is 1. The number of hydrogen-bond donors (Lipinski definition) is 1. The highest BCUT2D eigenvalue weighted by Gasteiger charge is 2.27. The van der Waals surface area contributed by atoms with Gasteiger partial charge in [-0.1, -0.05) is 47.0 Å². The fraction of sp³-hybridized carbons (Fsp3) is 0.923. The molecule has 0 aliphatic heterocycles. The Labute approximate surface area is 93.8 Å². The molecule has 0 saturated heterocycles. The molecule has 1 saturated carbocycles. The van der Waals surface area contributed by atoms with E-state index in [1.165, 1.54) is 32.1 Å². The van der Waals surface area contributed by atoms with Crippen molar-refractivity contribution in [2.45, 2.75) is 65.8 Å². The molecule has 1 fully saturated rings. The highest BCUT2D eigenvalue weighted by atomic mass is 16.2. The van der Waals surface area contributed by atoms with Crippen molar-refractivity contribution in [2.75, 3.05) is 0 Å². The van der Waals surface area contributed by atoms with E-state index < -0.39 is 0 Å². The minimum atomic E-state index is -0.251. The first-order chi connectivity index (χ1) is 6.93. The average molecular weight is 211 g/mol. The predicted octanol–water partition coefficient (Wildman–Crippen LogP) is 3.12. The van der Waals surface area contributed by atoms with Gasteiger partial charge >= 0.3 is 0 Å². The van der Waals surface area contributed by atoms with Gasteiger partial charge in [0.15, 0.2) is 0 Å². The SMILES string of the molecule is CCC1CCCC(NC(=O)C(C)(C)C)C1. The zero-order valence-corrected chi connectivity index (χ0v) is 10.6. The predicted molar refractivity (Wildman–Crippen MR) is 63.6 cm³/mol. The van der Waals surface area contributed by atoms with Crippen LogP contribution in [-0.2, 0) is 4.79 Å². The van der Waals surface area contributed by atoms with Crippen LogP contribution in [0.25, 0.3) is 0 Å². The molecule has 0 radical (unpaired) electrons. The van der Waals surface area contributed by atoms with Gasteiger partial charge in [0.2, 0.25) is 5.91 Å². The zero-order valence-electron chi connectivity index (χ0n) is 10.6. The van der Waals surface area contributed by atoms with Gasteiger partial charge in [-0.2, -0.15) is 0 Å². The lowest BCUT2D eigenvalue weighted by atomic mass is 9.83. The third-order valence-electron chi connectivity index (χ3n) is 3.38. The second-order valence-corrected chi connectivity index (χ2v) is 5.86. The topological polar surface area (TPSA) is 29.1 Å². The van der Waals surface area contributed by atoms with Crippen LogP contribution >= 0.6 is 0 Å². The van der Waals surface area contributed by atoms with E-state index in [1.54, 1.807) is 0 Å². The minimum Gasteiger partial charge on any atom is -0.353 e. The Hall–Kier alpha value is -0.530. The second kappa shape index (κ2) is 5.00. The smallest absolute Gasteiger partial charge is 0.225 e. The maximum atomic E-state index is 11.8. The van der Waals surface area contributed by atoms with Crippen molar-refractivity contribution in [1.82, 2.24) is 5.32 Å². The molecule has 2 nitrogen and oxygen atoms in total. The van der Waals surface area contributed by atoms with Crippen LogP contribution < -0.4 is 5.32 Å². The first-order valence-electron chi connectivity index (χ1n) is 6.24. The number of carbonyl (C=O) groups is 1. The van der Waals surface area contributed by atoms with Crippen LogP contribution in [0, 0.1) is 11.3 Å². The molecular weight excluding hydrogens is 186 g/mol. The van der Waals surface area contributed by atoms with Gasteiger partial charge < -0.3 is 5.32 Å². The number of amides is 1. The van der Waals surface area contributed by atoms with Crippen molar-refractivity contribution in [1.29, 1.82) is 0 Å². The fourth-order valence-electron chi connectivity index (χ4n) is 2.19. The average Bonchev–Trinajstić information content (AvgIpc) is 2.16. The highest BCUT2D eigenvalue weighted by molar-refractivity contribution is 5.81. The summed E-state index contributed by atoms with van der Waals surface area (Å²) in [6.07, 6.45) is 6.21. The van der Waals surface area contributed by atoms with Crippen molar-refractivity contribution >= 4 is 5.91 Å². The molecule has 1 aliphatic carbocycles. The normalized spacial score (nSPS) is 27.5. The molecule has 88 valence electrons. The summed E-state index contributed by atoms with van der Waals surface area (Å²) >= 11 is 0. The van der Waals surface area contributed by atoms with Gasteiger partial charge in [0, 0.05) is 11.5 Å². The Bertz CT molecular complexity index is 217. The van der Waals surface area contributed by atoms with Crippen molar-refractivity contribution in [3.05, 3.63) is 0 Å². The van der Waals surface area contributed by atoms with Crippen LogP contribution in [0.2, 0.25) is 0 Å². The summed E-state index contributed by atoms with van der Waals surface area (Å²) in [5.41, 5.74) is -0.251. The molecule has 0 spiro atoms. The largest absolute Gasteiger partial charge is 0.353 e. The molecule has 2 atom stereocenters. The lowest BCUT2D eigenvalue weighted by molar-refractivity contribution is -0.129. The van der Waals surface area contributed by atoms with Crippen molar-refractivity contribution in [3.8, 4) is 0 Å². The summed E-state index contributed by atoms with van der Waals surface area (Å²) < 4.78 is 0. The Morgan fingerprint density at radius 3 is 2.53 bits per heavy atom. The van der Waals surface area contributed by atoms with Gasteiger partial charge in [-0.3, -0.25) is 4.79 Å². The quantitative estimate of drug-likeness (QED) is 0.747. The maximum absolute atomic E-state index is 11.8. The van der Waals surface area contributed by atoms with Crippen LogP contribution in [-0.4, -0.2) is 11.9 Å². The van der Waals surface area contributed by atoms with E-state index in [1.807, 2.05) is 20.8 Å². The summed E-state index contributed by atoms with van der Waals surface area (Å²) in [5.74, 6) is 1.02. The molecule has 1 N–H and O–H groups in total. The molecule has 2 heteroatoms. The summed E-state index contributed by atoms with van der Waals surface area (Å²) in [7, 11) is 0. The van der Waals surface area contributed by atoms with Gasteiger partial charge in [0.1, 0.15) is 0 Å². The summed E-state index contributed by atoms with van der Waals surface area (Å²) in [6, 6.07) is 0.426. The van der Waals surface area contributed by atoms with E-state index in [-0.39, 0.29) is 11.3 Å². The molecule has 2 unspecified atom stereocenters. The van der Waals surface area contributed by atoms with Gasteiger partial charge in [-0.05, 0) is 18.8 Å². The molecule has 1 rings (SSSR count).